The molecule has 0 unspecified atom stereocenters. The van der Waals surface area contributed by atoms with E-state index in [1.165, 1.54) is 0 Å². The molecular formula is C14H11NO. The topological polar surface area (TPSA) is 22.1 Å². The molecule has 0 aliphatic heterocycles. The van der Waals surface area contributed by atoms with Gasteiger partial charge in [0.05, 0.1) is 7.11 Å². The van der Waals surface area contributed by atoms with E-state index in [0.717, 1.165) is 22.4 Å². The number of pyridine rings is 1. The minimum Gasteiger partial charge on any atom is -0.497 e. The molecule has 0 atom stereocenters. The van der Waals surface area contributed by atoms with Gasteiger partial charge in [-0.05, 0) is 24.3 Å². The molecule has 0 N–H and O–H groups in total. The summed E-state index contributed by atoms with van der Waals surface area (Å²) >= 11 is 0. The van der Waals surface area contributed by atoms with Crippen molar-refractivity contribution in [1.29, 1.82) is 0 Å². The lowest BCUT2D eigenvalue weighted by Gasteiger charge is -2.07. The van der Waals surface area contributed by atoms with Crippen molar-refractivity contribution in [3.63, 3.8) is 0 Å². The lowest BCUT2D eigenvalue weighted by Crippen LogP contribution is -1.88. The Balaban J connectivity index is 2.59. The zero-order chi connectivity index (χ0) is 11.4. The number of hydrogen-bond donors (Lipinski definition) is 0. The molecule has 0 aliphatic carbocycles. The molecular weight excluding hydrogens is 198 g/mol. The summed E-state index contributed by atoms with van der Waals surface area (Å²) in [5, 5.41) is 0. The standard InChI is InChI=1S/C14H11NO/c1-3-11-6-7-13(16-2)9-14(11)12-5-4-8-15-10-12/h1,4-10H,2H3. The van der Waals surface area contributed by atoms with Gasteiger partial charge in [-0.15, -0.1) is 6.42 Å². The van der Waals surface area contributed by atoms with E-state index in [2.05, 4.69) is 10.9 Å². The second-order valence-electron chi connectivity index (χ2n) is 3.30. The molecule has 1 aromatic heterocycles. The minimum absolute atomic E-state index is 0.790. The molecule has 0 fully saturated rings. The summed E-state index contributed by atoms with van der Waals surface area (Å²) in [4.78, 5) is 4.08. The molecule has 1 heterocycles. The number of terminal acetylenes is 1. The van der Waals surface area contributed by atoms with E-state index in [1.54, 1.807) is 19.5 Å². The molecule has 0 amide bonds. The van der Waals surface area contributed by atoms with Gasteiger partial charge in [-0.25, -0.2) is 0 Å². The van der Waals surface area contributed by atoms with E-state index in [-0.39, 0.29) is 0 Å². The van der Waals surface area contributed by atoms with Gasteiger partial charge in [-0.2, -0.15) is 0 Å². The number of rotatable bonds is 2. The van der Waals surface area contributed by atoms with E-state index >= 15 is 0 Å². The normalized spacial score (nSPS) is 9.50. The van der Waals surface area contributed by atoms with Crippen molar-refractivity contribution in [2.24, 2.45) is 0 Å². The first-order valence-corrected chi connectivity index (χ1v) is 4.90. The largest absolute Gasteiger partial charge is 0.497 e. The van der Waals surface area contributed by atoms with Crippen molar-refractivity contribution in [2.45, 2.75) is 0 Å². The number of ether oxygens (including phenoxy) is 1. The van der Waals surface area contributed by atoms with Crippen LogP contribution >= 0.6 is 0 Å². The molecule has 0 bridgehead atoms. The highest BCUT2D eigenvalue weighted by Crippen LogP contribution is 2.26. The Bertz CT molecular complexity index is 526. The fourth-order valence-electron chi connectivity index (χ4n) is 1.54. The second-order valence-corrected chi connectivity index (χ2v) is 3.30. The summed E-state index contributed by atoms with van der Waals surface area (Å²) in [7, 11) is 1.64. The Morgan fingerprint density at radius 2 is 2.19 bits per heavy atom. The highest BCUT2D eigenvalue weighted by Gasteiger charge is 2.04. The van der Waals surface area contributed by atoms with Gasteiger partial charge in [-0.3, -0.25) is 4.98 Å². The first-order chi connectivity index (χ1) is 7.85. The van der Waals surface area contributed by atoms with Crippen LogP contribution in [-0.2, 0) is 0 Å². The third-order valence-corrected chi connectivity index (χ3v) is 2.35. The second kappa shape index (κ2) is 4.50. The van der Waals surface area contributed by atoms with Crippen molar-refractivity contribution < 1.29 is 4.74 Å². The van der Waals surface area contributed by atoms with Crippen LogP contribution in [0.2, 0.25) is 0 Å². The van der Waals surface area contributed by atoms with E-state index in [9.17, 15) is 0 Å². The first-order valence-electron chi connectivity index (χ1n) is 4.90. The Morgan fingerprint density at radius 3 is 2.81 bits per heavy atom. The van der Waals surface area contributed by atoms with Crippen molar-refractivity contribution >= 4 is 0 Å². The molecule has 2 heteroatoms. The van der Waals surface area contributed by atoms with Crippen LogP contribution in [0.4, 0.5) is 0 Å². The van der Waals surface area contributed by atoms with Gasteiger partial charge >= 0.3 is 0 Å². The lowest BCUT2D eigenvalue weighted by molar-refractivity contribution is 0.415. The van der Waals surface area contributed by atoms with Gasteiger partial charge in [0.15, 0.2) is 0 Å². The van der Waals surface area contributed by atoms with Crippen molar-refractivity contribution in [3.05, 3.63) is 48.3 Å². The highest BCUT2D eigenvalue weighted by atomic mass is 16.5. The van der Waals surface area contributed by atoms with Crippen LogP contribution < -0.4 is 4.74 Å². The maximum Gasteiger partial charge on any atom is 0.119 e. The van der Waals surface area contributed by atoms with Crippen LogP contribution in [0.1, 0.15) is 5.56 Å². The molecule has 0 radical (unpaired) electrons. The number of nitrogens with zero attached hydrogens (tertiary/aromatic N) is 1. The van der Waals surface area contributed by atoms with Crippen LogP contribution in [0, 0.1) is 12.3 Å². The third kappa shape index (κ3) is 1.89. The maximum absolute atomic E-state index is 5.47. The Labute approximate surface area is 94.9 Å². The Hall–Kier alpha value is -2.27. The van der Waals surface area contributed by atoms with Gasteiger partial charge < -0.3 is 4.74 Å². The molecule has 0 aliphatic rings. The van der Waals surface area contributed by atoms with Crippen LogP contribution in [0.5, 0.6) is 5.75 Å². The average molecular weight is 209 g/mol. The van der Waals surface area contributed by atoms with Crippen molar-refractivity contribution in [3.8, 4) is 29.2 Å². The monoisotopic (exact) mass is 209 g/mol. The zero-order valence-corrected chi connectivity index (χ0v) is 8.97. The maximum atomic E-state index is 5.47. The van der Waals surface area contributed by atoms with Crippen LogP contribution in [0.15, 0.2) is 42.7 Å². The molecule has 0 saturated heterocycles. The summed E-state index contributed by atoms with van der Waals surface area (Å²) < 4.78 is 5.19. The molecule has 2 aromatic rings. The van der Waals surface area contributed by atoms with Crippen LogP contribution in [0.25, 0.3) is 11.1 Å². The summed E-state index contributed by atoms with van der Waals surface area (Å²) in [6, 6.07) is 9.51. The fourth-order valence-corrected chi connectivity index (χ4v) is 1.54. The lowest BCUT2D eigenvalue weighted by atomic mass is 10.0. The Morgan fingerprint density at radius 1 is 1.31 bits per heavy atom. The van der Waals surface area contributed by atoms with Crippen molar-refractivity contribution in [2.75, 3.05) is 7.11 Å². The van der Waals surface area contributed by atoms with E-state index in [1.807, 2.05) is 30.3 Å². The number of methoxy groups -OCH3 is 1. The summed E-state index contributed by atoms with van der Waals surface area (Å²) in [6.07, 6.45) is 8.99. The van der Waals surface area contributed by atoms with Crippen LogP contribution in [0.3, 0.4) is 0 Å². The van der Waals surface area contributed by atoms with Gasteiger partial charge in [-0.1, -0.05) is 12.0 Å². The molecule has 2 rings (SSSR count). The zero-order valence-electron chi connectivity index (χ0n) is 8.97. The molecule has 2 nitrogen and oxygen atoms in total. The molecule has 1 aromatic carbocycles. The predicted octanol–water partition coefficient (Wildman–Crippen LogP) is 2.74. The Kier molecular flexibility index (Phi) is 2.88. The minimum atomic E-state index is 0.790. The highest BCUT2D eigenvalue weighted by molar-refractivity contribution is 5.71. The molecule has 0 saturated carbocycles. The SMILES string of the molecule is C#Cc1ccc(OC)cc1-c1cccnc1. The van der Waals surface area contributed by atoms with E-state index in [4.69, 9.17) is 11.2 Å². The fraction of sp³-hybridized carbons (Fsp3) is 0.0714. The van der Waals surface area contributed by atoms with E-state index < -0.39 is 0 Å². The molecule has 78 valence electrons. The van der Waals surface area contributed by atoms with Crippen molar-refractivity contribution in [1.82, 2.24) is 4.98 Å². The molecule has 0 spiro atoms. The first kappa shape index (κ1) is 10.3. The van der Waals surface area contributed by atoms with Gasteiger partial charge in [0.25, 0.3) is 0 Å². The number of hydrogen-bond acceptors (Lipinski definition) is 2. The van der Waals surface area contributed by atoms with Gasteiger partial charge in [0, 0.05) is 29.1 Å². The number of aromatic nitrogens is 1. The average Bonchev–Trinajstić information content (AvgIpc) is 2.39. The third-order valence-electron chi connectivity index (χ3n) is 2.35. The summed E-state index contributed by atoms with van der Waals surface area (Å²) in [5.74, 6) is 3.45. The summed E-state index contributed by atoms with van der Waals surface area (Å²) in [6.45, 7) is 0. The van der Waals surface area contributed by atoms with E-state index in [0.29, 0.717) is 0 Å². The number of benzene rings is 1. The quantitative estimate of drug-likeness (QED) is 0.709. The predicted molar refractivity (Wildman–Crippen MR) is 64.2 cm³/mol. The molecule has 16 heavy (non-hydrogen) atoms. The smallest absolute Gasteiger partial charge is 0.119 e. The summed E-state index contributed by atoms with van der Waals surface area (Å²) in [5.41, 5.74) is 2.80. The van der Waals surface area contributed by atoms with Crippen LogP contribution in [-0.4, -0.2) is 12.1 Å². The van der Waals surface area contributed by atoms with Gasteiger partial charge in [0.2, 0.25) is 0 Å². The van der Waals surface area contributed by atoms with Gasteiger partial charge in [0.1, 0.15) is 5.75 Å².